The van der Waals surface area contributed by atoms with E-state index in [9.17, 15) is 8.42 Å². The van der Waals surface area contributed by atoms with Crippen LogP contribution in [0.25, 0.3) is 0 Å². The minimum atomic E-state index is -3.90. The average Bonchev–Trinajstić information content (AvgIpc) is 2.88. The van der Waals surface area contributed by atoms with Crippen LogP contribution < -0.4 is 4.74 Å². The van der Waals surface area contributed by atoms with Gasteiger partial charge < -0.3 is 4.74 Å². The molecule has 11 heteroatoms. The van der Waals surface area contributed by atoms with E-state index in [1.54, 1.807) is 12.1 Å². The van der Waals surface area contributed by atoms with Crippen LogP contribution in [0, 0.1) is 0 Å². The normalized spacial score (nSPS) is 12.4. The Balaban J connectivity index is 2.53. The minimum absolute atomic E-state index is 0.0355. The van der Waals surface area contributed by atoms with Gasteiger partial charge in [0.05, 0.1) is 12.0 Å². The lowest BCUT2D eigenvalue weighted by molar-refractivity contribution is 0.414. The lowest BCUT2D eigenvalue weighted by atomic mass is 10.3. The molecular weight excluding hydrogens is 484 g/mol. The van der Waals surface area contributed by atoms with E-state index in [2.05, 4.69) is 63.3 Å². The lowest BCUT2D eigenvalue weighted by Crippen LogP contribution is -2.21. The fraction of sp³-hybridized carbons (Fsp3) is 0.222. The molecule has 0 unspecified atom stereocenters. The van der Waals surface area contributed by atoms with Gasteiger partial charge >= 0.3 is 0 Å². The monoisotopic (exact) mass is 488 g/mol. The number of rotatable bonds is 3. The first-order valence-electron chi connectivity index (χ1n) is 5.02. The van der Waals surface area contributed by atoms with Gasteiger partial charge in [0, 0.05) is 0 Å². The molecule has 0 aliphatic carbocycles. The van der Waals surface area contributed by atoms with Crippen LogP contribution in [-0.2, 0) is 12.2 Å². The summed E-state index contributed by atoms with van der Waals surface area (Å²) in [4.78, 5) is 0.0450. The fourth-order valence-electron chi connectivity index (χ4n) is 1.35. The Morgan fingerprint density at radius 2 is 1.80 bits per heavy atom. The molecule has 0 amide bonds. The average molecular weight is 491 g/mol. The summed E-state index contributed by atoms with van der Waals surface area (Å²) >= 11 is 9.57. The zero-order chi connectivity index (χ0) is 15.0. The van der Waals surface area contributed by atoms with Crippen molar-refractivity contribution in [2.24, 2.45) is 0 Å². The topological polar surface area (TPSA) is 87.0 Å². The summed E-state index contributed by atoms with van der Waals surface area (Å²) in [6, 6.07) is 5.91. The molecule has 1 aromatic heterocycles. The quantitative estimate of drug-likeness (QED) is 0.613. The fourth-order valence-corrected chi connectivity index (χ4v) is 3.66. The number of hydrogen-bond acceptors (Lipinski definition) is 6. The van der Waals surface area contributed by atoms with Crippen LogP contribution in [0.1, 0.15) is 5.82 Å². The molecule has 0 radical (unpaired) electrons. The van der Waals surface area contributed by atoms with Gasteiger partial charge in [0.15, 0.2) is 2.14 Å². The number of tetrazole rings is 1. The SMILES string of the molecule is COc1ccc(S(=O)(=O)n2nnnc2C(Br)(Br)Br)cc1. The minimum Gasteiger partial charge on any atom is -0.497 e. The molecule has 0 fully saturated rings. The predicted molar refractivity (Wildman–Crippen MR) is 81.9 cm³/mol. The highest BCUT2D eigenvalue weighted by Crippen LogP contribution is 2.43. The third-order valence-electron chi connectivity index (χ3n) is 2.28. The molecule has 20 heavy (non-hydrogen) atoms. The number of ether oxygens (including phenoxy) is 1. The molecule has 7 nitrogen and oxygen atoms in total. The molecule has 0 aliphatic heterocycles. The van der Waals surface area contributed by atoms with Gasteiger partial charge in [-0.05, 0) is 34.7 Å². The van der Waals surface area contributed by atoms with Gasteiger partial charge in [-0.3, -0.25) is 0 Å². The number of nitrogens with zero attached hydrogens (tertiary/aromatic N) is 4. The second-order valence-electron chi connectivity index (χ2n) is 3.52. The maximum absolute atomic E-state index is 12.5. The maximum atomic E-state index is 12.5. The first-order valence-corrected chi connectivity index (χ1v) is 8.84. The van der Waals surface area contributed by atoms with Crippen molar-refractivity contribution in [2.45, 2.75) is 7.04 Å². The first kappa shape index (κ1) is 15.9. The number of methoxy groups -OCH3 is 1. The van der Waals surface area contributed by atoms with E-state index in [4.69, 9.17) is 4.74 Å². The highest BCUT2D eigenvalue weighted by atomic mass is 80.0. The Morgan fingerprint density at radius 3 is 2.30 bits per heavy atom. The van der Waals surface area contributed by atoms with Gasteiger partial charge in [0.1, 0.15) is 5.75 Å². The first-order chi connectivity index (χ1) is 9.26. The standard InChI is InChI=1S/C9H7Br3N4O3S/c1-19-6-2-4-7(5-3-6)20(17,18)16-8(9(10,11)12)13-14-15-16/h2-5H,1H3. The zero-order valence-corrected chi connectivity index (χ0v) is 15.4. The summed E-state index contributed by atoms with van der Waals surface area (Å²) < 4.78 is 29.6. The van der Waals surface area contributed by atoms with E-state index in [0.717, 1.165) is 4.09 Å². The summed E-state index contributed by atoms with van der Waals surface area (Å²) in [5.74, 6) is 0.588. The van der Waals surface area contributed by atoms with Gasteiger partial charge in [0.2, 0.25) is 5.82 Å². The Hall–Kier alpha value is -0.520. The lowest BCUT2D eigenvalue weighted by Gasteiger charge is -2.12. The summed E-state index contributed by atoms with van der Waals surface area (Å²) in [7, 11) is -2.40. The van der Waals surface area contributed by atoms with Crippen LogP contribution in [0.4, 0.5) is 0 Å². The van der Waals surface area contributed by atoms with Crippen molar-refractivity contribution >= 4 is 57.8 Å². The summed E-state index contributed by atoms with van der Waals surface area (Å²) in [5.41, 5.74) is 0. The highest BCUT2D eigenvalue weighted by molar-refractivity contribution is 9.38. The number of hydrogen-bond donors (Lipinski definition) is 0. The smallest absolute Gasteiger partial charge is 0.286 e. The highest BCUT2D eigenvalue weighted by Gasteiger charge is 2.34. The maximum Gasteiger partial charge on any atom is 0.286 e. The molecule has 0 spiro atoms. The van der Waals surface area contributed by atoms with Crippen molar-refractivity contribution < 1.29 is 13.2 Å². The van der Waals surface area contributed by atoms with Crippen LogP contribution >= 0.6 is 47.8 Å². The molecule has 108 valence electrons. The molecule has 0 saturated carbocycles. The molecule has 1 heterocycles. The Kier molecular flexibility index (Phi) is 4.52. The van der Waals surface area contributed by atoms with E-state index in [-0.39, 0.29) is 10.7 Å². The molecule has 0 saturated heterocycles. The van der Waals surface area contributed by atoms with Crippen molar-refractivity contribution in [3.63, 3.8) is 0 Å². The van der Waals surface area contributed by atoms with E-state index >= 15 is 0 Å². The van der Waals surface area contributed by atoms with Crippen LogP contribution in [0.5, 0.6) is 5.75 Å². The van der Waals surface area contributed by atoms with Gasteiger partial charge in [-0.2, -0.15) is 8.42 Å². The van der Waals surface area contributed by atoms with Crippen LogP contribution in [0.2, 0.25) is 0 Å². The third kappa shape index (κ3) is 3.05. The van der Waals surface area contributed by atoms with Crippen molar-refractivity contribution in [2.75, 3.05) is 7.11 Å². The summed E-state index contributed by atoms with van der Waals surface area (Å²) in [5, 5.41) is 10.6. The number of benzene rings is 1. The Labute approximate surface area is 140 Å². The van der Waals surface area contributed by atoms with Crippen molar-refractivity contribution in [1.82, 2.24) is 19.6 Å². The van der Waals surface area contributed by atoms with Gasteiger partial charge in [-0.25, -0.2) is 0 Å². The molecule has 0 bridgehead atoms. The molecule has 2 aromatic rings. The molecule has 0 atom stereocenters. The number of alkyl halides is 3. The van der Waals surface area contributed by atoms with E-state index < -0.39 is 12.2 Å². The Morgan fingerprint density at radius 1 is 1.20 bits per heavy atom. The van der Waals surface area contributed by atoms with E-state index in [1.165, 1.54) is 19.2 Å². The second-order valence-corrected chi connectivity index (χ2v) is 12.1. The largest absolute Gasteiger partial charge is 0.497 e. The van der Waals surface area contributed by atoms with E-state index in [0.29, 0.717) is 5.75 Å². The third-order valence-corrected chi connectivity index (χ3v) is 4.91. The molecular formula is C9H7Br3N4O3S. The number of aromatic nitrogens is 4. The van der Waals surface area contributed by atoms with Crippen molar-refractivity contribution in [3.05, 3.63) is 30.1 Å². The van der Waals surface area contributed by atoms with Crippen LogP contribution in [0.15, 0.2) is 29.2 Å². The van der Waals surface area contributed by atoms with Gasteiger partial charge in [0.25, 0.3) is 10.0 Å². The zero-order valence-electron chi connectivity index (χ0n) is 9.87. The Bertz CT molecular complexity index is 709. The molecule has 2 rings (SSSR count). The summed E-state index contributed by atoms with van der Waals surface area (Å²) in [6.45, 7) is 0. The van der Waals surface area contributed by atoms with E-state index in [1.807, 2.05) is 0 Å². The second kappa shape index (κ2) is 5.70. The van der Waals surface area contributed by atoms with Gasteiger partial charge in [-0.15, -0.1) is 9.19 Å². The van der Waals surface area contributed by atoms with Crippen molar-refractivity contribution in [3.8, 4) is 5.75 Å². The molecule has 0 N–H and O–H groups in total. The van der Waals surface area contributed by atoms with Crippen molar-refractivity contribution in [1.29, 1.82) is 0 Å². The van der Waals surface area contributed by atoms with Gasteiger partial charge in [-0.1, -0.05) is 47.8 Å². The molecule has 0 aliphatic rings. The van der Waals surface area contributed by atoms with Crippen LogP contribution in [0.3, 0.4) is 0 Å². The summed E-state index contributed by atoms with van der Waals surface area (Å²) in [6.07, 6.45) is 0. The predicted octanol–water partition coefficient (Wildman–Crippen LogP) is 2.21. The number of halogens is 3. The van der Waals surface area contributed by atoms with Crippen LogP contribution in [-0.4, -0.2) is 35.1 Å². The molecule has 1 aromatic carbocycles.